The van der Waals surface area contributed by atoms with Crippen LogP contribution >= 0.6 is 0 Å². The molecule has 0 amide bonds. The number of carbonyl (C=O) groups excluding carboxylic acids is 1. The highest BCUT2D eigenvalue weighted by Gasteiger charge is 2.23. The lowest BCUT2D eigenvalue weighted by Crippen LogP contribution is -2.39. The molecule has 0 radical (unpaired) electrons. The Hall–Kier alpha value is -1.17. The molecule has 0 aliphatic carbocycles. The summed E-state index contributed by atoms with van der Waals surface area (Å²) in [6.45, 7) is 8.16. The molecule has 130 valence electrons. The van der Waals surface area contributed by atoms with Gasteiger partial charge in [0.25, 0.3) is 0 Å². The van der Waals surface area contributed by atoms with E-state index in [-0.39, 0.29) is 12.4 Å². The molecule has 1 unspecified atom stereocenters. The van der Waals surface area contributed by atoms with Gasteiger partial charge in [0.15, 0.2) is 5.78 Å². The number of aliphatic hydroxyl groups excluding tert-OH is 1. The summed E-state index contributed by atoms with van der Waals surface area (Å²) in [5.74, 6) is 0.507. The van der Waals surface area contributed by atoms with Crippen molar-refractivity contribution in [3.05, 3.63) is 23.0 Å². The topological polar surface area (TPSA) is 54.7 Å². The summed E-state index contributed by atoms with van der Waals surface area (Å²) in [6, 6.07) is 2.01. The number of ether oxygens (including phenoxy) is 1. The molecular formula is C18H30N2O3. The first-order valence-corrected chi connectivity index (χ1v) is 8.59. The highest BCUT2D eigenvalue weighted by molar-refractivity contribution is 5.99. The summed E-state index contributed by atoms with van der Waals surface area (Å²) in [5, 5.41) is 9.32. The summed E-state index contributed by atoms with van der Waals surface area (Å²) in [7, 11) is 1.71. The number of aliphatic hydroxyl groups is 1. The molecule has 0 spiro atoms. The largest absolute Gasteiger partial charge is 0.396 e. The number of ketones is 1. The molecule has 1 aliphatic rings. The maximum atomic E-state index is 12.7. The van der Waals surface area contributed by atoms with Gasteiger partial charge in [-0.05, 0) is 51.6 Å². The molecule has 5 heteroatoms. The Balaban J connectivity index is 2.00. The summed E-state index contributed by atoms with van der Waals surface area (Å²) in [4.78, 5) is 14.9. The first kappa shape index (κ1) is 18.2. The summed E-state index contributed by atoms with van der Waals surface area (Å²) >= 11 is 0. The molecule has 1 atom stereocenters. The van der Waals surface area contributed by atoms with Crippen molar-refractivity contribution in [3.63, 3.8) is 0 Å². The van der Waals surface area contributed by atoms with Crippen molar-refractivity contribution >= 4 is 5.78 Å². The van der Waals surface area contributed by atoms with E-state index in [0.29, 0.717) is 12.5 Å². The second-order valence-electron chi connectivity index (χ2n) is 6.63. The number of carbonyl (C=O) groups is 1. The molecular weight excluding hydrogens is 292 g/mol. The third-order valence-electron chi connectivity index (χ3n) is 4.83. The number of hydrogen-bond donors (Lipinski definition) is 1. The number of nitrogens with zero attached hydrogens (tertiary/aromatic N) is 2. The monoisotopic (exact) mass is 322 g/mol. The fourth-order valence-electron chi connectivity index (χ4n) is 3.53. The van der Waals surface area contributed by atoms with E-state index in [9.17, 15) is 9.90 Å². The van der Waals surface area contributed by atoms with E-state index in [1.807, 2.05) is 13.0 Å². The summed E-state index contributed by atoms with van der Waals surface area (Å²) < 4.78 is 7.32. The molecule has 0 bridgehead atoms. The van der Waals surface area contributed by atoms with Gasteiger partial charge >= 0.3 is 0 Å². The van der Waals surface area contributed by atoms with E-state index in [1.54, 1.807) is 7.11 Å². The Morgan fingerprint density at radius 3 is 2.91 bits per heavy atom. The van der Waals surface area contributed by atoms with Crippen LogP contribution < -0.4 is 0 Å². The van der Waals surface area contributed by atoms with Crippen LogP contribution in [0.15, 0.2) is 6.07 Å². The van der Waals surface area contributed by atoms with Crippen molar-refractivity contribution in [2.75, 3.05) is 40.0 Å². The van der Waals surface area contributed by atoms with E-state index in [0.717, 1.165) is 62.5 Å². The zero-order valence-corrected chi connectivity index (χ0v) is 14.7. The van der Waals surface area contributed by atoms with Crippen molar-refractivity contribution in [1.82, 2.24) is 9.47 Å². The maximum absolute atomic E-state index is 12.7. The lowest BCUT2D eigenvalue weighted by Gasteiger charge is -2.31. The number of piperidine rings is 1. The molecule has 0 saturated carbocycles. The number of rotatable bonds is 8. The Kier molecular flexibility index (Phi) is 6.81. The van der Waals surface area contributed by atoms with Gasteiger partial charge in [-0.3, -0.25) is 9.69 Å². The van der Waals surface area contributed by atoms with Crippen LogP contribution in [0.3, 0.4) is 0 Å². The van der Waals surface area contributed by atoms with Gasteiger partial charge in [-0.25, -0.2) is 0 Å². The van der Waals surface area contributed by atoms with E-state index in [2.05, 4.69) is 16.4 Å². The quantitative estimate of drug-likeness (QED) is 0.588. The fraction of sp³-hybridized carbons (Fsp3) is 0.722. The SMILES string of the molecule is COCCCn1c(C)cc(C(=O)CN2CCCC(CO)C2)c1C. The Morgan fingerprint density at radius 1 is 1.43 bits per heavy atom. The number of Topliss-reactive ketones (excluding diaryl/α,β-unsaturated/α-hetero) is 1. The van der Waals surface area contributed by atoms with Crippen LogP contribution in [0.25, 0.3) is 0 Å². The molecule has 5 nitrogen and oxygen atoms in total. The standard InChI is InChI=1S/C18H30N2O3/c1-14-10-17(15(2)20(14)8-5-9-23-3)18(22)12-19-7-4-6-16(11-19)13-21/h10,16,21H,4-9,11-13H2,1-3H3. The number of aryl methyl sites for hydroxylation is 1. The number of methoxy groups -OCH3 is 1. The molecule has 1 N–H and O–H groups in total. The first-order chi connectivity index (χ1) is 11.1. The number of hydrogen-bond acceptors (Lipinski definition) is 4. The normalized spacial score (nSPS) is 19.2. The predicted octanol–water partition coefficient (Wildman–Crippen LogP) is 2.03. The zero-order valence-electron chi connectivity index (χ0n) is 14.7. The number of likely N-dealkylation sites (tertiary alicyclic amines) is 1. The molecule has 1 fully saturated rings. The van der Waals surface area contributed by atoms with Crippen LogP contribution in [0.5, 0.6) is 0 Å². The van der Waals surface area contributed by atoms with E-state index >= 15 is 0 Å². The van der Waals surface area contributed by atoms with Gasteiger partial charge in [0.05, 0.1) is 6.54 Å². The zero-order chi connectivity index (χ0) is 16.8. The minimum absolute atomic E-state index is 0.190. The molecule has 1 aliphatic heterocycles. The van der Waals surface area contributed by atoms with Crippen LogP contribution in [-0.2, 0) is 11.3 Å². The molecule has 2 rings (SSSR count). The third kappa shape index (κ3) is 4.66. The smallest absolute Gasteiger partial charge is 0.178 e. The molecule has 23 heavy (non-hydrogen) atoms. The van der Waals surface area contributed by atoms with Crippen molar-refractivity contribution in [2.45, 2.75) is 39.7 Å². The van der Waals surface area contributed by atoms with E-state index in [4.69, 9.17) is 4.74 Å². The Morgan fingerprint density at radius 2 is 2.22 bits per heavy atom. The van der Waals surface area contributed by atoms with Gasteiger partial charge in [-0.2, -0.15) is 0 Å². The van der Waals surface area contributed by atoms with Gasteiger partial charge in [-0.15, -0.1) is 0 Å². The summed E-state index contributed by atoms with van der Waals surface area (Å²) in [5.41, 5.74) is 3.03. The van der Waals surface area contributed by atoms with Gasteiger partial charge in [0.1, 0.15) is 0 Å². The van der Waals surface area contributed by atoms with Crippen LogP contribution in [0.4, 0.5) is 0 Å². The van der Waals surface area contributed by atoms with Crippen molar-refractivity contribution in [2.24, 2.45) is 5.92 Å². The van der Waals surface area contributed by atoms with Gasteiger partial charge < -0.3 is 14.4 Å². The fourth-order valence-corrected chi connectivity index (χ4v) is 3.53. The highest BCUT2D eigenvalue weighted by atomic mass is 16.5. The average Bonchev–Trinajstić information content (AvgIpc) is 2.83. The first-order valence-electron chi connectivity index (χ1n) is 8.59. The predicted molar refractivity (Wildman–Crippen MR) is 91.0 cm³/mol. The molecule has 0 aromatic carbocycles. The van der Waals surface area contributed by atoms with Crippen molar-refractivity contribution in [3.8, 4) is 0 Å². The molecule has 1 aromatic rings. The van der Waals surface area contributed by atoms with E-state index in [1.165, 1.54) is 0 Å². The van der Waals surface area contributed by atoms with Crippen LogP contribution in [0, 0.1) is 19.8 Å². The summed E-state index contributed by atoms with van der Waals surface area (Å²) in [6.07, 6.45) is 3.08. The van der Waals surface area contributed by atoms with Gasteiger partial charge in [-0.1, -0.05) is 0 Å². The Bertz CT molecular complexity index is 525. The molecule has 1 aromatic heterocycles. The Labute approximate surface area is 139 Å². The minimum atomic E-state index is 0.190. The molecule has 2 heterocycles. The second kappa shape index (κ2) is 8.62. The van der Waals surface area contributed by atoms with Crippen LogP contribution in [0.2, 0.25) is 0 Å². The number of aromatic nitrogens is 1. The molecule has 1 saturated heterocycles. The van der Waals surface area contributed by atoms with Crippen molar-refractivity contribution in [1.29, 1.82) is 0 Å². The minimum Gasteiger partial charge on any atom is -0.396 e. The lowest BCUT2D eigenvalue weighted by atomic mass is 9.98. The lowest BCUT2D eigenvalue weighted by molar-refractivity contribution is 0.0833. The maximum Gasteiger partial charge on any atom is 0.178 e. The van der Waals surface area contributed by atoms with Crippen LogP contribution in [0.1, 0.15) is 41.0 Å². The van der Waals surface area contributed by atoms with Crippen molar-refractivity contribution < 1.29 is 14.6 Å². The average molecular weight is 322 g/mol. The van der Waals surface area contributed by atoms with Crippen LogP contribution in [-0.4, -0.2) is 60.3 Å². The highest BCUT2D eigenvalue weighted by Crippen LogP contribution is 2.19. The van der Waals surface area contributed by atoms with Gasteiger partial charge in [0, 0.05) is 50.4 Å². The third-order valence-corrected chi connectivity index (χ3v) is 4.83. The second-order valence-corrected chi connectivity index (χ2v) is 6.63. The van der Waals surface area contributed by atoms with E-state index < -0.39 is 0 Å². The van der Waals surface area contributed by atoms with Gasteiger partial charge in [0.2, 0.25) is 0 Å².